The molecular weight excluding hydrogens is 133 g/mol. The number of hydrogen-bond acceptors (Lipinski definition) is 1. The van der Waals surface area contributed by atoms with E-state index in [0.29, 0.717) is 0 Å². The number of hydrogen-bond donors (Lipinski definition) is 0. The zero-order valence-electron chi connectivity index (χ0n) is 1.77. The van der Waals surface area contributed by atoms with Gasteiger partial charge in [0.2, 0.25) is 0 Å². The van der Waals surface area contributed by atoms with E-state index >= 15 is 0 Å². The van der Waals surface area contributed by atoms with Crippen LogP contribution in [0.3, 0.4) is 0 Å². The van der Waals surface area contributed by atoms with Crippen LogP contribution in [0, 0.1) is 0 Å². The van der Waals surface area contributed by atoms with Gasteiger partial charge in [-0.15, -0.1) is 0 Å². The van der Waals surface area contributed by atoms with E-state index in [1.807, 2.05) is 0 Å². The molecule has 0 aromatic heterocycles. The molecule has 5 heavy (non-hydrogen) atoms. The second-order valence-corrected chi connectivity index (χ2v) is 0.802. The summed E-state index contributed by atoms with van der Waals surface area (Å²) in [7, 11) is 4.53. The van der Waals surface area contributed by atoms with Gasteiger partial charge in [0.1, 0.15) is 0 Å². The van der Waals surface area contributed by atoms with Crippen molar-refractivity contribution in [1.29, 1.82) is 0 Å². The fraction of sp³-hybridized carbons (Fsp3) is 0. The summed E-state index contributed by atoms with van der Waals surface area (Å²) in [6.07, 6.45) is 0. The molecule has 0 aliphatic heterocycles. The van der Waals surface area contributed by atoms with Gasteiger partial charge in [0.25, 0.3) is 0 Å². The van der Waals surface area contributed by atoms with Crippen LogP contribution in [-0.2, 0) is 3.80 Å². The second kappa shape index (κ2) is 16.7. The zero-order valence-corrected chi connectivity index (χ0v) is 4.50. The molecule has 1 nitrogen and oxygen atoms in total. The van der Waals surface area contributed by atoms with E-state index in [9.17, 15) is 0 Å². The molecule has 0 aromatic rings. The maximum absolute atomic E-state index is 8.78. The van der Waals surface area contributed by atoms with Crippen molar-refractivity contribution in [2.45, 2.75) is 0 Å². The third kappa shape index (κ3) is 24.2. The van der Waals surface area contributed by atoms with Crippen molar-refractivity contribution < 1.29 is 3.80 Å². The molecule has 5 heteroatoms. The molecule has 0 saturated carbocycles. The fourth-order valence-electron chi connectivity index (χ4n) is 0. The van der Waals surface area contributed by atoms with Crippen LogP contribution in [0.1, 0.15) is 0 Å². The van der Waals surface area contributed by atoms with Gasteiger partial charge in [0, 0.05) is 13.5 Å². The van der Waals surface area contributed by atoms with E-state index in [1.165, 1.54) is 0 Å². The fourth-order valence-corrected chi connectivity index (χ4v) is 0. The summed E-state index contributed by atoms with van der Waals surface area (Å²) in [4.78, 5) is 0. The van der Waals surface area contributed by atoms with Gasteiger partial charge in [-0.25, -0.2) is 0 Å². The first-order valence-corrected chi connectivity index (χ1v) is 2.67. The first-order chi connectivity index (χ1) is 1.41. The monoisotopic (exact) mass is 134 g/mol. The Balaban J connectivity index is -0.0000000200. The molecule has 0 aromatic carbocycles. The van der Waals surface area contributed by atoms with Crippen molar-refractivity contribution in [3.63, 3.8) is 0 Å². The Morgan fingerprint density at radius 2 is 1.60 bits per heavy atom. The Hall–Kier alpha value is 1.97. The molecule has 0 rings (SSSR count). The molecule has 0 saturated heterocycles. The van der Waals surface area contributed by atoms with Gasteiger partial charge in [0.15, 0.2) is 0 Å². The van der Waals surface area contributed by atoms with Gasteiger partial charge in [0.05, 0.1) is 0 Å². The summed E-state index contributed by atoms with van der Waals surface area (Å²) in [5.74, 6) is 0. The quantitative estimate of drug-likeness (QED) is 0.432. The Morgan fingerprint density at radius 3 is 1.60 bits per heavy atom. The van der Waals surface area contributed by atoms with Gasteiger partial charge in [-0.05, 0) is 0 Å². The van der Waals surface area contributed by atoms with Crippen molar-refractivity contribution in [3.8, 4) is 0 Å². The van der Waals surface area contributed by atoms with Crippen LogP contribution < -0.4 is 0 Å². The van der Waals surface area contributed by atoms with Crippen LogP contribution in [0.15, 0.2) is 0 Å². The molecule has 0 aliphatic carbocycles. The topological polar surface area (TPSA) is 17.1 Å². The number of halogens is 1. The Labute approximate surface area is 70.3 Å². The molecule has 0 aliphatic rings. The molecular formula is HAlClNaOS. The van der Waals surface area contributed by atoms with E-state index < -0.39 is 14.2 Å². The predicted octanol–water partition coefficient (Wildman–Crippen LogP) is 0.190. The third-order valence-corrected chi connectivity index (χ3v) is 0. The predicted molar refractivity (Wildman–Crippen MR) is 27.0 cm³/mol. The van der Waals surface area contributed by atoms with Gasteiger partial charge >= 0.3 is 57.6 Å². The molecule has 0 fully saturated rings. The summed E-state index contributed by atoms with van der Waals surface area (Å²) in [5.41, 5.74) is 0. The maximum Gasteiger partial charge on any atom is 0 e. The van der Waals surface area contributed by atoms with Crippen LogP contribution in [0.25, 0.3) is 0 Å². The van der Waals surface area contributed by atoms with Crippen LogP contribution in [0.2, 0.25) is 0 Å². The molecule has 0 unspecified atom stereocenters. The summed E-state index contributed by atoms with van der Waals surface area (Å²) >= 11 is -1.03. The SMILES string of the molecule is [NaH].[O]=[Al][Cl].[S]. The van der Waals surface area contributed by atoms with E-state index in [0.717, 1.165) is 0 Å². The summed E-state index contributed by atoms with van der Waals surface area (Å²) in [6, 6.07) is 0. The molecule has 0 atom stereocenters. The van der Waals surface area contributed by atoms with Crippen molar-refractivity contribution in [1.82, 2.24) is 0 Å². The van der Waals surface area contributed by atoms with Gasteiger partial charge in [-0.2, -0.15) is 0 Å². The molecule has 0 heterocycles. The summed E-state index contributed by atoms with van der Waals surface area (Å²) in [6.45, 7) is 0. The second-order valence-electron chi connectivity index (χ2n) is 0.0891. The van der Waals surface area contributed by atoms with Crippen molar-refractivity contribution >= 4 is 67.3 Å². The van der Waals surface area contributed by atoms with Gasteiger partial charge in [-0.3, -0.25) is 0 Å². The summed E-state index contributed by atoms with van der Waals surface area (Å²) < 4.78 is 8.78. The average molecular weight is 134 g/mol. The molecule has 24 valence electrons. The number of rotatable bonds is 0. The largest absolute Gasteiger partial charge is 0 e. The normalized spacial score (nSPS) is 1.80. The van der Waals surface area contributed by atoms with Crippen molar-refractivity contribution in [2.75, 3.05) is 0 Å². The van der Waals surface area contributed by atoms with Crippen LogP contribution in [-0.4, -0.2) is 43.8 Å². The van der Waals surface area contributed by atoms with Crippen LogP contribution in [0.5, 0.6) is 0 Å². The molecule has 0 N–H and O–H groups in total. The average Bonchev–Trinajstić information content (AvgIpc) is 0.918. The maximum atomic E-state index is 8.78. The van der Waals surface area contributed by atoms with Gasteiger partial charge < -0.3 is 0 Å². The minimum atomic E-state index is -1.03. The first-order valence-electron chi connectivity index (χ1n) is 0.454. The van der Waals surface area contributed by atoms with Crippen LogP contribution >= 0.6 is 23.5 Å². The molecule has 0 bridgehead atoms. The molecule has 0 amide bonds. The Bertz CT molecular complexity index is 19.1. The van der Waals surface area contributed by atoms with Gasteiger partial charge in [-0.1, -0.05) is 0 Å². The van der Waals surface area contributed by atoms with Crippen molar-refractivity contribution in [2.24, 2.45) is 0 Å². The van der Waals surface area contributed by atoms with E-state index in [-0.39, 0.29) is 43.1 Å². The minimum Gasteiger partial charge on any atom is 0 e. The Kier molecular flexibility index (Phi) is 52.7. The summed E-state index contributed by atoms with van der Waals surface area (Å²) in [5, 5.41) is 0. The first kappa shape index (κ1) is 15.8. The van der Waals surface area contributed by atoms with E-state index in [4.69, 9.17) is 3.80 Å². The molecule has 2 radical (unpaired) electrons. The third-order valence-electron chi connectivity index (χ3n) is 0. The minimum absolute atomic E-state index is 0. The van der Waals surface area contributed by atoms with Crippen molar-refractivity contribution in [3.05, 3.63) is 0 Å². The standard InChI is InChI=1S/Al.ClH.Na.O.S.H/h;1H;;;;/q+1;;;;;/p-1. The van der Waals surface area contributed by atoms with Crippen LogP contribution in [0.4, 0.5) is 0 Å². The van der Waals surface area contributed by atoms with E-state index in [1.54, 1.807) is 0 Å². The Morgan fingerprint density at radius 1 is 1.60 bits per heavy atom. The molecule has 0 spiro atoms. The smallest absolute Gasteiger partial charge is 0 e. The van der Waals surface area contributed by atoms with E-state index in [2.05, 4.69) is 10.0 Å². The zero-order chi connectivity index (χ0) is 2.71.